The second kappa shape index (κ2) is 6.15. The number of aliphatic hydroxyl groups is 1. The van der Waals surface area contributed by atoms with Gasteiger partial charge in [-0.2, -0.15) is 0 Å². The van der Waals surface area contributed by atoms with E-state index >= 15 is 0 Å². The highest BCUT2D eigenvalue weighted by Crippen LogP contribution is 2.09. The standard InChI is InChI=1S/C9H16N4O/c10-8-9(13-6-5-11-8)12-4-2-1-3-7-14/h5-6,14H,1-4,7H2,(H2,10,11)(H,12,13). The number of nitrogens with two attached hydrogens (primary N) is 1. The minimum atomic E-state index is 0.257. The second-order valence-electron chi connectivity index (χ2n) is 3.00. The number of hydrogen-bond acceptors (Lipinski definition) is 5. The first-order valence-corrected chi connectivity index (χ1v) is 4.76. The molecule has 14 heavy (non-hydrogen) atoms. The topological polar surface area (TPSA) is 84.1 Å². The molecule has 1 aromatic heterocycles. The van der Waals surface area contributed by atoms with E-state index in [1.54, 1.807) is 12.4 Å². The molecule has 1 heterocycles. The summed E-state index contributed by atoms with van der Waals surface area (Å²) in [4.78, 5) is 7.96. The van der Waals surface area contributed by atoms with E-state index < -0.39 is 0 Å². The summed E-state index contributed by atoms with van der Waals surface area (Å²) >= 11 is 0. The van der Waals surface area contributed by atoms with Crippen molar-refractivity contribution in [1.82, 2.24) is 9.97 Å². The molecule has 0 saturated carbocycles. The largest absolute Gasteiger partial charge is 0.396 e. The van der Waals surface area contributed by atoms with Crippen LogP contribution in [0.25, 0.3) is 0 Å². The van der Waals surface area contributed by atoms with E-state index in [4.69, 9.17) is 10.8 Å². The molecular formula is C9H16N4O. The average molecular weight is 196 g/mol. The molecule has 0 spiro atoms. The van der Waals surface area contributed by atoms with Crippen LogP contribution in [0.4, 0.5) is 11.6 Å². The van der Waals surface area contributed by atoms with Gasteiger partial charge in [0.2, 0.25) is 0 Å². The molecule has 0 aliphatic carbocycles. The number of aromatic nitrogens is 2. The molecule has 0 aliphatic heterocycles. The summed E-state index contributed by atoms with van der Waals surface area (Å²) in [5.41, 5.74) is 5.59. The Hall–Kier alpha value is -1.36. The summed E-state index contributed by atoms with van der Waals surface area (Å²) in [5, 5.41) is 11.7. The summed E-state index contributed by atoms with van der Waals surface area (Å²) in [6, 6.07) is 0. The molecule has 0 atom stereocenters. The molecule has 0 unspecified atom stereocenters. The van der Waals surface area contributed by atoms with Crippen LogP contribution in [0.15, 0.2) is 12.4 Å². The first-order chi connectivity index (χ1) is 6.84. The van der Waals surface area contributed by atoms with Crippen LogP contribution in [0.3, 0.4) is 0 Å². The van der Waals surface area contributed by atoms with Crippen molar-refractivity contribution in [3.05, 3.63) is 12.4 Å². The predicted octanol–water partition coefficient (Wildman–Crippen LogP) is 0.633. The fourth-order valence-corrected chi connectivity index (χ4v) is 1.11. The second-order valence-corrected chi connectivity index (χ2v) is 3.00. The summed E-state index contributed by atoms with van der Waals surface area (Å²) in [7, 11) is 0. The number of hydrogen-bond donors (Lipinski definition) is 3. The predicted molar refractivity (Wildman–Crippen MR) is 55.9 cm³/mol. The lowest BCUT2D eigenvalue weighted by Gasteiger charge is -2.05. The Morgan fingerprint density at radius 1 is 1.21 bits per heavy atom. The number of rotatable bonds is 6. The molecule has 0 amide bonds. The van der Waals surface area contributed by atoms with Crippen molar-refractivity contribution in [2.24, 2.45) is 0 Å². The van der Waals surface area contributed by atoms with Gasteiger partial charge in [0.05, 0.1) is 0 Å². The van der Waals surface area contributed by atoms with Crippen LogP contribution >= 0.6 is 0 Å². The molecular weight excluding hydrogens is 180 g/mol. The van der Waals surface area contributed by atoms with Crippen molar-refractivity contribution >= 4 is 11.6 Å². The third-order valence-electron chi connectivity index (χ3n) is 1.85. The Kier molecular flexibility index (Phi) is 4.71. The molecule has 1 rings (SSSR count). The van der Waals surface area contributed by atoms with Gasteiger partial charge in [-0.25, -0.2) is 9.97 Å². The van der Waals surface area contributed by atoms with Crippen LogP contribution in [-0.4, -0.2) is 28.2 Å². The minimum Gasteiger partial charge on any atom is -0.396 e. The van der Waals surface area contributed by atoms with E-state index in [0.29, 0.717) is 11.6 Å². The number of aliphatic hydroxyl groups excluding tert-OH is 1. The molecule has 0 bridgehead atoms. The third-order valence-corrected chi connectivity index (χ3v) is 1.85. The SMILES string of the molecule is Nc1nccnc1NCCCCCO. The molecule has 0 aromatic carbocycles. The van der Waals surface area contributed by atoms with E-state index in [1.807, 2.05) is 0 Å². The fraction of sp³-hybridized carbons (Fsp3) is 0.556. The van der Waals surface area contributed by atoms with Crippen molar-refractivity contribution in [3.63, 3.8) is 0 Å². The van der Waals surface area contributed by atoms with Gasteiger partial charge < -0.3 is 16.2 Å². The first-order valence-electron chi connectivity index (χ1n) is 4.76. The normalized spacial score (nSPS) is 10.1. The van der Waals surface area contributed by atoms with Gasteiger partial charge in [0.1, 0.15) is 0 Å². The molecule has 4 N–H and O–H groups in total. The number of nitrogens with one attached hydrogen (secondary N) is 1. The van der Waals surface area contributed by atoms with Gasteiger partial charge in [0.15, 0.2) is 11.6 Å². The van der Waals surface area contributed by atoms with Crippen molar-refractivity contribution in [3.8, 4) is 0 Å². The molecule has 5 nitrogen and oxygen atoms in total. The number of anilines is 2. The van der Waals surface area contributed by atoms with Gasteiger partial charge in [-0.1, -0.05) is 0 Å². The van der Waals surface area contributed by atoms with Crippen LogP contribution in [0.5, 0.6) is 0 Å². The van der Waals surface area contributed by atoms with Crippen molar-refractivity contribution in [2.45, 2.75) is 19.3 Å². The maximum absolute atomic E-state index is 8.56. The van der Waals surface area contributed by atoms with Crippen LogP contribution in [0.2, 0.25) is 0 Å². The van der Waals surface area contributed by atoms with E-state index in [1.165, 1.54) is 0 Å². The molecule has 78 valence electrons. The van der Waals surface area contributed by atoms with E-state index in [-0.39, 0.29) is 6.61 Å². The Morgan fingerprint density at radius 2 is 2.00 bits per heavy atom. The molecule has 0 fully saturated rings. The highest BCUT2D eigenvalue weighted by Gasteiger charge is 1.98. The lowest BCUT2D eigenvalue weighted by molar-refractivity contribution is 0.283. The summed E-state index contributed by atoms with van der Waals surface area (Å²) in [6.45, 7) is 1.07. The van der Waals surface area contributed by atoms with Gasteiger partial charge in [0, 0.05) is 25.5 Å². The lowest BCUT2D eigenvalue weighted by Crippen LogP contribution is -2.07. The zero-order valence-electron chi connectivity index (χ0n) is 8.11. The zero-order chi connectivity index (χ0) is 10.2. The number of unbranched alkanes of at least 4 members (excludes halogenated alkanes) is 2. The molecule has 1 aromatic rings. The van der Waals surface area contributed by atoms with Gasteiger partial charge in [-0.3, -0.25) is 0 Å². The van der Waals surface area contributed by atoms with Crippen LogP contribution in [0.1, 0.15) is 19.3 Å². The highest BCUT2D eigenvalue weighted by molar-refractivity contribution is 5.54. The van der Waals surface area contributed by atoms with Gasteiger partial charge in [0.25, 0.3) is 0 Å². The van der Waals surface area contributed by atoms with E-state index in [2.05, 4.69) is 15.3 Å². The fourth-order valence-electron chi connectivity index (χ4n) is 1.11. The van der Waals surface area contributed by atoms with Crippen molar-refractivity contribution in [1.29, 1.82) is 0 Å². The van der Waals surface area contributed by atoms with Crippen LogP contribution in [0, 0.1) is 0 Å². The van der Waals surface area contributed by atoms with Gasteiger partial charge in [-0.15, -0.1) is 0 Å². The monoisotopic (exact) mass is 196 g/mol. The van der Waals surface area contributed by atoms with Crippen LogP contribution in [-0.2, 0) is 0 Å². The smallest absolute Gasteiger partial charge is 0.168 e. The minimum absolute atomic E-state index is 0.257. The molecule has 0 radical (unpaired) electrons. The summed E-state index contributed by atoms with van der Waals surface area (Å²) in [5.74, 6) is 1.06. The van der Waals surface area contributed by atoms with Crippen molar-refractivity contribution in [2.75, 3.05) is 24.2 Å². The Morgan fingerprint density at radius 3 is 2.71 bits per heavy atom. The third kappa shape index (κ3) is 3.57. The zero-order valence-corrected chi connectivity index (χ0v) is 8.11. The summed E-state index contributed by atoms with van der Waals surface area (Å²) in [6.07, 6.45) is 6.01. The lowest BCUT2D eigenvalue weighted by atomic mass is 10.2. The summed E-state index contributed by atoms with van der Waals surface area (Å²) < 4.78 is 0. The molecule has 0 saturated heterocycles. The van der Waals surface area contributed by atoms with Crippen LogP contribution < -0.4 is 11.1 Å². The first kappa shape index (κ1) is 10.7. The van der Waals surface area contributed by atoms with Crippen molar-refractivity contribution < 1.29 is 5.11 Å². The molecule has 0 aliphatic rings. The Labute approximate surface area is 83.4 Å². The quantitative estimate of drug-likeness (QED) is 0.581. The Balaban J connectivity index is 2.21. The Bertz CT molecular complexity index is 267. The average Bonchev–Trinajstić information content (AvgIpc) is 2.20. The van der Waals surface area contributed by atoms with E-state index in [0.717, 1.165) is 25.8 Å². The number of nitrogen functional groups attached to an aromatic ring is 1. The van der Waals surface area contributed by atoms with Gasteiger partial charge in [-0.05, 0) is 19.3 Å². The maximum Gasteiger partial charge on any atom is 0.168 e. The van der Waals surface area contributed by atoms with Gasteiger partial charge >= 0.3 is 0 Å². The highest BCUT2D eigenvalue weighted by atomic mass is 16.2. The molecule has 5 heteroatoms. The van der Waals surface area contributed by atoms with E-state index in [9.17, 15) is 0 Å². The maximum atomic E-state index is 8.56. The number of nitrogens with zero attached hydrogens (tertiary/aromatic N) is 2.